The Hall–Kier alpha value is -4.36. The number of nitrogens with zero attached hydrogens (tertiary/aromatic N) is 1. The summed E-state index contributed by atoms with van der Waals surface area (Å²) < 4.78 is 0. The predicted molar refractivity (Wildman–Crippen MR) is 227 cm³/mol. The van der Waals surface area contributed by atoms with Crippen molar-refractivity contribution >= 4 is 51.8 Å². The lowest BCUT2D eigenvalue weighted by molar-refractivity contribution is 0.0767. The van der Waals surface area contributed by atoms with Crippen molar-refractivity contribution in [2.24, 2.45) is 34.4 Å². The Morgan fingerprint density at radius 3 is 2.60 bits per heavy atom. The number of phenolic OH excluding ortho intramolecular Hbond substituents is 1. The van der Waals surface area contributed by atoms with Gasteiger partial charge in [-0.2, -0.15) is 0 Å². The van der Waals surface area contributed by atoms with Gasteiger partial charge in [0.15, 0.2) is 11.7 Å². The molecule has 2 heterocycles. The molecule has 4 aliphatic carbocycles. The molecule has 0 saturated heterocycles. The number of aromatic hydroxyl groups is 1. The van der Waals surface area contributed by atoms with Gasteiger partial charge in [-0.05, 0) is 123 Å². The predicted octanol–water partition coefficient (Wildman–Crippen LogP) is 7.62. The number of nitrogens with two attached hydrogens (primary N) is 1. The van der Waals surface area contributed by atoms with Crippen LogP contribution in [0.1, 0.15) is 97.7 Å². The van der Waals surface area contributed by atoms with Crippen molar-refractivity contribution in [3.8, 4) is 27.3 Å². The van der Waals surface area contributed by atoms with Gasteiger partial charge < -0.3 is 26.6 Å². The molecule has 0 aliphatic heterocycles. The molecule has 4 aliphatic rings. The number of guanidine groups is 1. The number of phenols is 1. The Balaban J connectivity index is 1.19. The molecule has 7 unspecified atom stereocenters. The van der Waals surface area contributed by atoms with Gasteiger partial charge in [0.1, 0.15) is 5.75 Å². The largest absolute Gasteiger partial charge is 0.508 e. The van der Waals surface area contributed by atoms with Crippen molar-refractivity contribution in [2.45, 2.75) is 95.7 Å². The summed E-state index contributed by atoms with van der Waals surface area (Å²) >= 11 is 3.27. The minimum absolute atomic E-state index is 0.0120. The number of nitrogens with one attached hydrogen (secondary N) is 2. The molecule has 55 heavy (non-hydrogen) atoms. The van der Waals surface area contributed by atoms with E-state index in [4.69, 9.17) is 10.7 Å². The first-order chi connectivity index (χ1) is 26.7. The third-order valence-corrected chi connectivity index (χ3v) is 14.6. The van der Waals surface area contributed by atoms with Gasteiger partial charge in [0.2, 0.25) is 0 Å². The highest BCUT2D eigenvalue weighted by molar-refractivity contribution is 7.23. The number of benzene rings is 2. The molecule has 0 spiro atoms. The number of fused-ring (bicyclic) bond motifs is 1. The second kappa shape index (κ2) is 16.4. The van der Waals surface area contributed by atoms with Crippen molar-refractivity contribution < 1.29 is 15.0 Å². The molecule has 286 valence electrons. The Kier molecular flexibility index (Phi) is 11.2. The maximum atomic E-state index is 14.7. The fourth-order valence-electron chi connectivity index (χ4n) is 9.95. The lowest BCUT2D eigenvalue weighted by atomic mass is 9.59. The Bertz CT molecular complexity index is 2250. The van der Waals surface area contributed by atoms with Crippen molar-refractivity contribution in [3.63, 3.8) is 0 Å². The SMILES string of the molecule is CC#Cc1ccc(-c2ccc(C(=O)C3CCC4C(N=C(N)NC5CCCCC5)C(c5cc(O)cc(NCC(C)O)c5)CCC5=c6ccccc6=CC3C54)s2)s1. The number of carbonyl (C=O) groups excluding carboxylic acids is 1. The lowest BCUT2D eigenvalue weighted by Gasteiger charge is -2.45. The van der Waals surface area contributed by atoms with Gasteiger partial charge in [0, 0.05) is 45.9 Å². The number of anilines is 1. The molecule has 0 amide bonds. The first kappa shape index (κ1) is 37.6. The van der Waals surface area contributed by atoms with Crippen LogP contribution in [0.15, 0.2) is 71.7 Å². The third kappa shape index (κ3) is 8.00. The molecule has 3 saturated carbocycles. The van der Waals surface area contributed by atoms with Crippen molar-refractivity contribution in [3.05, 3.63) is 92.5 Å². The molecule has 9 heteroatoms. The van der Waals surface area contributed by atoms with Crippen LogP contribution in [0.2, 0.25) is 0 Å². The minimum Gasteiger partial charge on any atom is -0.508 e. The van der Waals surface area contributed by atoms with Gasteiger partial charge in [-0.15, -0.1) is 28.6 Å². The molecule has 6 N–H and O–H groups in total. The fourth-order valence-corrected chi connectivity index (χ4v) is 12.0. The number of ketones is 1. The molecule has 7 atom stereocenters. The first-order valence-electron chi connectivity index (χ1n) is 20.1. The maximum Gasteiger partial charge on any atom is 0.189 e. The summed E-state index contributed by atoms with van der Waals surface area (Å²) in [6, 6.07) is 22.9. The summed E-state index contributed by atoms with van der Waals surface area (Å²) in [7, 11) is 0. The number of aliphatic imine (C=N–C) groups is 1. The normalized spacial score (nSPS) is 25.7. The van der Waals surface area contributed by atoms with Crippen LogP contribution in [-0.4, -0.2) is 46.7 Å². The lowest BCUT2D eigenvalue weighted by Crippen LogP contribution is -2.49. The number of hydrogen-bond acceptors (Lipinski definition) is 7. The minimum atomic E-state index is -0.526. The van der Waals surface area contributed by atoms with Crippen LogP contribution in [0, 0.1) is 35.5 Å². The van der Waals surface area contributed by atoms with Crippen LogP contribution in [-0.2, 0) is 0 Å². The molecule has 0 bridgehead atoms. The summed E-state index contributed by atoms with van der Waals surface area (Å²) in [6.45, 7) is 3.99. The van der Waals surface area contributed by atoms with Crippen molar-refractivity contribution in [1.82, 2.24) is 5.32 Å². The Morgan fingerprint density at radius 1 is 0.982 bits per heavy atom. The Labute approximate surface area is 332 Å². The summed E-state index contributed by atoms with van der Waals surface area (Å²) in [5.74, 6) is 7.24. The van der Waals surface area contributed by atoms with E-state index in [2.05, 4.69) is 77.1 Å². The van der Waals surface area contributed by atoms with Crippen LogP contribution in [0.5, 0.6) is 5.75 Å². The van der Waals surface area contributed by atoms with E-state index in [0.29, 0.717) is 18.5 Å². The van der Waals surface area contributed by atoms with Crippen LogP contribution in [0.3, 0.4) is 0 Å². The highest BCUT2D eigenvalue weighted by Gasteiger charge is 2.50. The van der Waals surface area contributed by atoms with E-state index >= 15 is 0 Å². The zero-order valence-corrected chi connectivity index (χ0v) is 33.4. The van der Waals surface area contributed by atoms with Crippen LogP contribution >= 0.6 is 22.7 Å². The van der Waals surface area contributed by atoms with Crippen molar-refractivity contribution in [1.29, 1.82) is 0 Å². The Morgan fingerprint density at radius 2 is 1.78 bits per heavy atom. The molecular formula is C46H52N4O3S2. The zero-order chi connectivity index (χ0) is 38.1. The number of thiophene rings is 2. The smallest absolute Gasteiger partial charge is 0.189 e. The van der Waals surface area contributed by atoms with Gasteiger partial charge in [-0.1, -0.05) is 61.1 Å². The number of Topliss-reactive ketones (excluding diaryl/α,β-unsaturated/α-hetero) is 1. The fraction of sp³-hybridized carbons (Fsp3) is 0.435. The third-order valence-electron chi connectivity index (χ3n) is 12.3. The van der Waals surface area contributed by atoms with Gasteiger partial charge >= 0.3 is 0 Å². The number of rotatable bonds is 9. The summed E-state index contributed by atoms with van der Waals surface area (Å²) in [6.07, 6.45) is 11.1. The first-order valence-corrected chi connectivity index (χ1v) is 21.7. The molecule has 0 radical (unpaired) electrons. The van der Waals surface area contributed by atoms with E-state index in [9.17, 15) is 15.0 Å². The van der Waals surface area contributed by atoms with E-state index in [-0.39, 0.29) is 47.2 Å². The van der Waals surface area contributed by atoms with E-state index in [0.717, 1.165) is 69.3 Å². The molecule has 7 nitrogen and oxygen atoms in total. The van der Waals surface area contributed by atoms with Crippen molar-refractivity contribution in [2.75, 3.05) is 11.9 Å². The highest BCUT2D eigenvalue weighted by atomic mass is 32.1. The van der Waals surface area contributed by atoms with Gasteiger partial charge in [0.25, 0.3) is 0 Å². The van der Waals surface area contributed by atoms with E-state index in [1.54, 1.807) is 35.7 Å². The second-order valence-electron chi connectivity index (χ2n) is 16.0. The van der Waals surface area contributed by atoms with Crippen LogP contribution in [0.4, 0.5) is 5.69 Å². The molecule has 4 aromatic rings. The van der Waals surface area contributed by atoms with Crippen LogP contribution in [0.25, 0.3) is 21.4 Å². The van der Waals surface area contributed by atoms with Gasteiger partial charge in [0.05, 0.1) is 21.9 Å². The maximum absolute atomic E-state index is 14.7. The zero-order valence-electron chi connectivity index (χ0n) is 31.8. The van der Waals surface area contributed by atoms with E-state index < -0.39 is 6.10 Å². The standard InChI is InChI=1S/C46H52N4O3S2/c1-3-9-33-14-19-40(54-33)41-20-21-42(55-41)45(53)37-17-18-38-43-36(34-13-8-7-10-28(34)24-39(37)43)16-15-35(29-22-31(25-32(52)23-29)48-26-27(2)51)44(38)50-46(47)49-30-11-5-4-6-12-30/h7-8,10,13-14,19-25,27,30,35,37-39,43-44,48,51-52H,4-6,11-12,15-18,26H2,1-2H3,(H3,47,49,50). The molecule has 8 rings (SSSR count). The number of carbonyl (C=O) groups is 1. The quantitative estimate of drug-likeness (QED) is 0.0517. The van der Waals surface area contributed by atoms with Crippen LogP contribution < -0.4 is 26.8 Å². The van der Waals surface area contributed by atoms with E-state index in [1.165, 1.54) is 35.3 Å². The van der Waals surface area contributed by atoms with Gasteiger partial charge in [-0.3, -0.25) is 4.79 Å². The average molecular weight is 773 g/mol. The topological polar surface area (TPSA) is 120 Å². The van der Waals surface area contributed by atoms with E-state index in [1.807, 2.05) is 19.1 Å². The number of aliphatic hydroxyl groups excluding tert-OH is 1. The highest BCUT2D eigenvalue weighted by Crippen LogP contribution is 2.54. The average Bonchev–Trinajstić information content (AvgIpc) is 3.83. The number of hydrogen-bond donors (Lipinski definition) is 5. The molecule has 2 aromatic carbocycles. The summed E-state index contributed by atoms with van der Waals surface area (Å²) in [5, 5.41) is 30.5. The second-order valence-corrected chi connectivity index (χ2v) is 18.1. The molecule has 3 fully saturated rings. The summed E-state index contributed by atoms with van der Waals surface area (Å²) in [4.78, 5) is 24.3. The number of aliphatic hydroxyl groups is 1. The molecule has 2 aromatic heterocycles. The monoisotopic (exact) mass is 772 g/mol. The van der Waals surface area contributed by atoms with Gasteiger partial charge in [-0.25, -0.2) is 4.99 Å². The molecular weight excluding hydrogens is 721 g/mol. The summed E-state index contributed by atoms with van der Waals surface area (Å²) in [5.41, 5.74) is 10.1.